The fourth-order valence-corrected chi connectivity index (χ4v) is 3.13. The Morgan fingerprint density at radius 1 is 1.22 bits per heavy atom. The number of hydrogen-bond donors (Lipinski definition) is 0. The Labute approximate surface area is 136 Å². The molecule has 1 aromatic carbocycles. The Morgan fingerprint density at radius 3 is 2.48 bits per heavy atom. The molecule has 0 aliphatic rings. The lowest BCUT2D eigenvalue weighted by Crippen LogP contribution is -2.29. The van der Waals surface area contributed by atoms with E-state index in [4.69, 9.17) is 0 Å². The van der Waals surface area contributed by atoms with Crippen LogP contribution in [0.4, 0.5) is 0 Å². The SMILES string of the molecule is CC(c1ccncc1)N(C)C(=O)c1cccc(CS(C)(=O)=O)c1. The van der Waals surface area contributed by atoms with Crippen LogP contribution in [-0.2, 0) is 15.6 Å². The first-order valence-corrected chi connectivity index (χ1v) is 9.28. The van der Waals surface area contributed by atoms with Crippen LogP contribution in [0.2, 0.25) is 0 Å². The van der Waals surface area contributed by atoms with Gasteiger partial charge in [-0.2, -0.15) is 0 Å². The van der Waals surface area contributed by atoms with Crippen LogP contribution >= 0.6 is 0 Å². The highest BCUT2D eigenvalue weighted by Gasteiger charge is 2.19. The second kappa shape index (κ2) is 6.91. The van der Waals surface area contributed by atoms with Crippen molar-refractivity contribution in [3.8, 4) is 0 Å². The van der Waals surface area contributed by atoms with E-state index in [1.165, 1.54) is 6.26 Å². The van der Waals surface area contributed by atoms with Crippen LogP contribution < -0.4 is 0 Å². The second-order valence-corrected chi connectivity index (χ2v) is 7.78. The van der Waals surface area contributed by atoms with Gasteiger partial charge in [-0.3, -0.25) is 9.78 Å². The number of carbonyl (C=O) groups excluding carboxylic acids is 1. The fraction of sp³-hybridized carbons (Fsp3) is 0.294. The van der Waals surface area contributed by atoms with Gasteiger partial charge in [0.25, 0.3) is 5.91 Å². The molecular weight excluding hydrogens is 312 g/mol. The third kappa shape index (κ3) is 4.63. The third-order valence-corrected chi connectivity index (χ3v) is 4.55. The van der Waals surface area contributed by atoms with Crippen LogP contribution in [0.1, 0.15) is 34.5 Å². The van der Waals surface area contributed by atoms with Crippen molar-refractivity contribution in [2.45, 2.75) is 18.7 Å². The molecular formula is C17H20N2O3S. The van der Waals surface area contributed by atoms with Crippen molar-refractivity contribution in [1.82, 2.24) is 9.88 Å². The molecule has 1 aromatic heterocycles. The number of amides is 1. The fourth-order valence-electron chi connectivity index (χ4n) is 2.34. The first-order valence-electron chi connectivity index (χ1n) is 7.21. The van der Waals surface area contributed by atoms with Crippen molar-refractivity contribution in [1.29, 1.82) is 0 Å². The second-order valence-electron chi connectivity index (χ2n) is 5.64. The summed E-state index contributed by atoms with van der Waals surface area (Å²) in [4.78, 5) is 18.2. The molecule has 1 heterocycles. The molecule has 23 heavy (non-hydrogen) atoms. The van der Waals surface area contributed by atoms with Crippen LogP contribution in [-0.4, -0.2) is 37.5 Å². The smallest absolute Gasteiger partial charge is 0.254 e. The highest BCUT2D eigenvalue weighted by Crippen LogP contribution is 2.20. The summed E-state index contributed by atoms with van der Waals surface area (Å²) in [7, 11) is -1.40. The Hall–Kier alpha value is -2.21. The maximum atomic E-state index is 12.6. The molecule has 0 aliphatic heterocycles. The van der Waals surface area contributed by atoms with E-state index in [1.807, 2.05) is 19.1 Å². The van der Waals surface area contributed by atoms with Crippen molar-refractivity contribution in [3.63, 3.8) is 0 Å². The number of sulfone groups is 1. The minimum Gasteiger partial charge on any atom is -0.335 e. The predicted molar refractivity (Wildman–Crippen MR) is 89.7 cm³/mol. The lowest BCUT2D eigenvalue weighted by atomic mass is 10.1. The molecule has 0 saturated carbocycles. The summed E-state index contributed by atoms with van der Waals surface area (Å²) >= 11 is 0. The molecule has 0 saturated heterocycles. The first kappa shape index (κ1) is 17.1. The minimum atomic E-state index is -3.13. The van der Waals surface area contributed by atoms with Crippen molar-refractivity contribution in [2.75, 3.05) is 13.3 Å². The number of hydrogen-bond acceptors (Lipinski definition) is 4. The van der Waals surface area contributed by atoms with Gasteiger partial charge in [-0.25, -0.2) is 8.42 Å². The summed E-state index contributed by atoms with van der Waals surface area (Å²) in [5.41, 5.74) is 2.08. The zero-order valence-corrected chi connectivity index (χ0v) is 14.2. The van der Waals surface area contributed by atoms with Gasteiger partial charge in [-0.1, -0.05) is 12.1 Å². The number of carbonyl (C=O) groups is 1. The highest BCUT2D eigenvalue weighted by molar-refractivity contribution is 7.89. The van der Waals surface area contributed by atoms with Crippen LogP contribution in [0.5, 0.6) is 0 Å². The summed E-state index contributed by atoms with van der Waals surface area (Å²) in [6, 6.07) is 10.4. The summed E-state index contributed by atoms with van der Waals surface area (Å²) in [5, 5.41) is 0. The van der Waals surface area contributed by atoms with Crippen LogP contribution in [0.25, 0.3) is 0 Å². The molecule has 1 atom stereocenters. The normalized spacial score (nSPS) is 12.7. The van der Waals surface area contributed by atoms with Gasteiger partial charge in [0.2, 0.25) is 0 Å². The molecule has 5 nitrogen and oxygen atoms in total. The molecule has 6 heteroatoms. The highest BCUT2D eigenvalue weighted by atomic mass is 32.2. The molecule has 0 spiro atoms. The van der Waals surface area contributed by atoms with E-state index < -0.39 is 9.84 Å². The van der Waals surface area contributed by atoms with E-state index in [2.05, 4.69) is 4.98 Å². The van der Waals surface area contributed by atoms with E-state index in [0.29, 0.717) is 11.1 Å². The van der Waals surface area contributed by atoms with Gasteiger partial charge in [0, 0.05) is 31.3 Å². The molecule has 1 unspecified atom stereocenters. The van der Waals surface area contributed by atoms with Crippen molar-refractivity contribution < 1.29 is 13.2 Å². The standard InChI is InChI=1S/C17H20N2O3S/c1-13(15-7-9-18-10-8-15)19(2)17(20)16-6-4-5-14(11-16)12-23(3,21)22/h4-11,13H,12H2,1-3H3. The lowest BCUT2D eigenvalue weighted by molar-refractivity contribution is 0.0742. The Kier molecular flexibility index (Phi) is 5.15. The number of pyridine rings is 1. The largest absolute Gasteiger partial charge is 0.335 e. The number of benzene rings is 1. The van der Waals surface area contributed by atoms with Gasteiger partial charge >= 0.3 is 0 Å². The monoisotopic (exact) mass is 332 g/mol. The molecule has 0 fully saturated rings. The van der Waals surface area contributed by atoms with Crippen LogP contribution in [0, 0.1) is 0 Å². The van der Waals surface area contributed by atoms with E-state index in [9.17, 15) is 13.2 Å². The van der Waals surface area contributed by atoms with Gasteiger partial charge in [0.15, 0.2) is 9.84 Å². The van der Waals surface area contributed by atoms with Crippen molar-refractivity contribution in [2.24, 2.45) is 0 Å². The first-order chi connectivity index (χ1) is 10.8. The predicted octanol–water partition coefficient (Wildman–Crippen LogP) is 2.46. The van der Waals surface area contributed by atoms with Gasteiger partial charge in [-0.05, 0) is 42.3 Å². The maximum absolute atomic E-state index is 12.6. The zero-order chi connectivity index (χ0) is 17.0. The lowest BCUT2D eigenvalue weighted by Gasteiger charge is -2.25. The Morgan fingerprint density at radius 2 is 1.87 bits per heavy atom. The number of nitrogens with zero attached hydrogens (tertiary/aromatic N) is 2. The third-order valence-electron chi connectivity index (χ3n) is 3.69. The average molecular weight is 332 g/mol. The molecule has 0 radical (unpaired) electrons. The van der Waals surface area contributed by atoms with E-state index in [0.717, 1.165) is 5.56 Å². The van der Waals surface area contributed by atoms with Gasteiger partial charge in [-0.15, -0.1) is 0 Å². The molecule has 122 valence electrons. The summed E-state index contributed by atoms with van der Waals surface area (Å²) in [6.07, 6.45) is 4.56. The Bertz CT molecular complexity index is 788. The van der Waals surface area contributed by atoms with Gasteiger partial charge in [0.05, 0.1) is 11.8 Å². The van der Waals surface area contributed by atoms with Crippen LogP contribution in [0.15, 0.2) is 48.8 Å². The molecule has 2 aromatic rings. The summed E-state index contributed by atoms with van der Waals surface area (Å²) in [6.45, 7) is 1.94. The molecule has 0 N–H and O–H groups in total. The van der Waals surface area contributed by atoms with E-state index in [1.54, 1.807) is 48.6 Å². The summed E-state index contributed by atoms with van der Waals surface area (Å²) in [5.74, 6) is -0.220. The molecule has 1 amide bonds. The topological polar surface area (TPSA) is 67.3 Å². The minimum absolute atomic E-state index is 0.0717. The Balaban J connectivity index is 2.21. The van der Waals surface area contributed by atoms with E-state index in [-0.39, 0.29) is 17.7 Å². The summed E-state index contributed by atoms with van der Waals surface area (Å²) < 4.78 is 22.8. The van der Waals surface area contributed by atoms with Crippen molar-refractivity contribution >= 4 is 15.7 Å². The molecule has 2 rings (SSSR count). The average Bonchev–Trinajstić information content (AvgIpc) is 2.52. The maximum Gasteiger partial charge on any atom is 0.254 e. The number of rotatable bonds is 5. The molecule has 0 aliphatic carbocycles. The van der Waals surface area contributed by atoms with Crippen molar-refractivity contribution in [3.05, 3.63) is 65.5 Å². The van der Waals surface area contributed by atoms with Gasteiger partial charge in [0.1, 0.15) is 0 Å². The number of aromatic nitrogens is 1. The molecule has 0 bridgehead atoms. The zero-order valence-electron chi connectivity index (χ0n) is 13.4. The van der Waals surface area contributed by atoms with Gasteiger partial charge < -0.3 is 4.90 Å². The quantitative estimate of drug-likeness (QED) is 0.843. The van der Waals surface area contributed by atoms with Crippen LogP contribution in [0.3, 0.4) is 0 Å². The van der Waals surface area contributed by atoms with E-state index >= 15 is 0 Å².